The summed E-state index contributed by atoms with van der Waals surface area (Å²) in [5.41, 5.74) is 6.47. The molecule has 0 aliphatic heterocycles. The van der Waals surface area contributed by atoms with Crippen LogP contribution in [0.15, 0.2) is 36.4 Å². The number of benzene rings is 2. The maximum absolute atomic E-state index is 8.99. The Hall–Kier alpha value is -2.27. The zero-order valence-electron chi connectivity index (χ0n) is 12.5. The zero-order valence-corrected chi connectivity index (χ0v) is 12.5. The van der Waals surface area contributed by atoms with E-state index in [-0.39, 0.29) is 0 Å². The molecule has 0 heterocycles. The number of nitrogens with one attached hydrogen (secondary N) is 1. The molecule has 0 spiro atoms. The van der Waals surface area contributed by atoms with E-state index in [0.29, 0.717) is 5.92 Å². The van der Waals surface area contributed by atoms with E-state index in [9.17, 15) is 0 Å². The van der Waals surface area contributed by atoms with Gasteiger partial charge in [0.25, 0.3) is 0 Å². The van der Waals surface area contributed by atoms with E-state index in [4.69, 9.17) is 5.26 Å². The van der Waals surface area contributed by atoms with Crippen LogP contribution in [0.1, 0.15) is 42.0 Å². The summed E-state index contributed by atoms with van der Waals surface area (Å²) >= 11 is 0. The lowest BCUT2D eigenvalue weighted by Gasteiger charge is -2.17. The molecule has 2 rings (SSSR count). The highest BCUT2D eigenvalue weighted by molar-refractivity contribution is 5.68. The van der Waals surface area contributed by atoms with Crippen LogP contribution in [0.2, 0.25) is 0 Å². The van der Waals surface area contributed by atoms with Crippen molar-refractivity contribution < 1.29 is 0 Å². The first-order valence-corrected chi connectivity index (χ1v) is 6.90. The van der Waals surface area contributed by atoms with Crippen molar-refractivity contribution in [3.8, 4) is 6.07 Å². The Labute approximate surface area is 121 Å². The van der Waals surface area contributed by atoms with Crippen LogP contribution < -0.4 is 5.32 Å². The molecule has 0 fully saturated rings. The summed E-state index contributed by atoms with van der Waals surface area (Å²) in [5.74, 6) is 0.469. The Morgan fingerprint density at radius 2 is 1.80 bits per heavy atom. The number of anilines is 2. The van der Waals surface area contributed by atoms with Gasteiger partial charge < -0.3 is 5.32 Å². The Balaban J connectivity index is 2.40. The quantitative estimate of drug-likeness (QED) is 0.842. The summed E-state index contributed by atoms with van der Waals surface area (Å²) in [6.45, 7) is 8.48. The number of nitrogens with zero attached hydrogens (tertiary/aromatic N) is 1. The fourth-order valence-corrected chi connectivity index (χ4v) is 2.35. The molecule has 0 saturated carbocycles. The highest BCUT2D eigenvalue weighted by atomic mass is 14.9. The summed E-state index contributed by atoms with van der Waals surface area (Å²) in [7, 11) is 0. The van der Waals surface area contributed by atoms with Gasteiger partial charge in [-0.25, -0.2) is 0 Å². The molecule has 2 heteroatoms. The van der Waals surface area contributed by atoms with Gasteiger partial charge in [-0.05, 0) is 54.7 Å². The first kappa shape index (κ1) is 14.1. The van der Waals surface area contributed by atoms with Gasteiger partial charge in [-0.15, -0.1) is 0 Å². The SMILES string of the molecule is Cc1cc(Nc2c(C)cccc2C(C)C)ccc1C#N. The molecule has 2 aromatic carbocycles. The number of rotatable bonds is 3. The topological polar surface area (TPSA) is 35.8 Å². The molecule has 0 atom stereocenters. The summed E-state index contributed by atoms with van der Waals surface area (Å²) in [5, 5.41) is 12.5. The number of nitriles is 1. The molecule has 0 aromatic heterocycles. The lowest BCUT2D eigenvalue weighted by molar-refractivity contribution is 0.867. The predicted molar refractivity (Wildman–Crippen MR) is 84.4 cm³/mol. The molecule has 20 heavy (non-hydrogen) atoms. The number of aryl methyl sites for hydroxylation is 2. The summed E-state index contributed by atoms with van der Waals surface area (Å²) in [6.07, 6.45) is 0. The van der Waals surface area contributed by atoms with Gasteiger partial charge in [-0.2, -0.15) is 5.26 Å². The van der Waals surface area contributed by atoms with Crippen LogP contribution in [-0.4, -0.2) is 0 Å². The standard InChI is InChI=1S/C18H20N2/c1-12(2)17-7-5-6-13(3)18(17)20-16-9-8-15(11-19)14(4)10-16/h5-10,12,20H,1-4H3. The highest BCUT2D eigenvalue weighted by Gasteiger charge is 2.09. The van der Waals surface area contributed by atoms with Crippen LogP contribution in [0.25, 0.3) is 0 Å². The summed E-state index contributed by atoms with van der Waals surface area (Å²) in [6, 6.07) is 14.4. The van der Waals surface area contributed by atoms with Crippen LogP contribution in [0.3, 0.4) is 0 Å². The molecule has 2 nitrogen and oxygen atoms in total. The highest BCUT2D eigenvalue weighted by Crippen LogP contribution is 2.30. The fourth-order valence-electron chi connectivity index (χ4n) is 2.35. The van der Waals surface area contributed by atoms with Crippen molar-refractivity contribution in [3.63, 3.8) is 0 Å². The van der Waals surface area contributed by atoms with Crippen molar-refractivity contribution in [2.24, 2.45) is 0 Å². The van der Waals surface area contributed by atoms with Crippen LogP contribution >= 0.6 is 0 Å². The van der Waals surface area contributed by atoms with Crippen LogP contribution in [0.5, 0.6) is 0 Å². The molecular weight excluding hydrogens is 244 g/mol. The average Bonchev–Trinajstić information content (AvgIpc) is 2.41. The van der Waals surface area contributed by atoms with E-state index in [1.807, 2.05) is 25.1 Å². The smallest absolute Gasteiger partial charge is 0.0994 e. The van der Waals surface area contributed by atoms with Gasteiger partial charge >= 0.3 is 0 Å². The number of hydrogen-bond donors (Lipinski definition) is 1. The molecule has 0 aliphatic carbocycles. The minimum Gasteiger partial charge on any atom is -0.355 e. The zero-order chi connectivity index (χ0) is 14.7. The summed E-state index contributed by atoms with van der Waals surface area (Å²) < 4.78 is 0. The van der Waals surface area contributed by atoms with Gasteiger partial charge in [-0.1, -0.05) is 32.0 Å². The first-order chi connectivity index (χ1) is 9.52. The Morgan fingerprint density at radius 3 is 2.40 bits per heavy atom. The van der Waals surface area contributed by atoms with Crippen molar-refractivity contribution in [2.75, 3.05) is 5.32 Å². The van der Waals surface area contributed by atoms with Crippen molar-refractivity contribution in [2.45, 2.75) is 33.6 Å². The molecule has 0 aliphatic rings. The number of para-hydroxylation sites is 1. The lowest BCUT2D eigenvalue weighted by Crippen LogP contribution is -2.00. The number of hydrogen-bond acceptors (Lipinski definition) is 2. The van der Waals surface area contributed by atoms with Gasteiger partial charge in [0.05, 0.1) is 11.6 Å². The third kappa shape index (κ3) is 2.83. The van der Waals surface area contributed by atoms with Crippen molar-refractivity contribution >= 4 is 11.4 Å². The molecule has 0 amide bonds. The van der Waals surface area contributed by atoms with Crippen LogP contribution in [0, 0.1) is 25.2 Å². The third-order valence-corrected chi connectivity index (χ3v) is 3.54. The fraction of sp³-hybridized carbons (Fsp3) is 0.278. The van der Waals surface area contributed by atoms with Gasteiger partial charge in [0, 0.05) is 11.4 Å². The molecule has 2 aromatic rings. The molecular formula is C18H20N2. The molecule has 102 valence electrons. The molecule has 1 N–H and O–H groups in total. The van der Waals surface area contributed by atoms with E-state index < -0.39 is 0 Å². The summed E-state index contributed by atoms with van der Waals surface area (Å²) in [4.78, 5) is 0. The van der Waals surface area contributed by atoms with Crippen LogP contribution in [-0.2, 0) is 0 Å². The van der Waals surface area contributed by atoms with Crippen LogP contribution in [0.4, 0.5) is 11.4 Å². The maximum atomic E-state index is 8.99. The van der Waals surface area contributed by atoms with E-state index >= 15 is 0 Å². The van der Waals surface area contributed by atoms with E-state index in [1.165, 1.54) is 16.8 Å². The Kier molecular flexibility index (Phi) is 4.10. The second kappa shape index (κ2) is 5.79. The predicted octanol–water partition coefficient (Wildman–Crippen LogP) is 5.04. The normalized spacial score (nSPS) is 10.4. The Morgan fingerprint density at radius 1 is 1.05 bits per heavy atom. The molecule has 0 bridgehead atoms. The third-order valence-electron chi connectivity index (χ3n) is 3.54. The average molecular weight is 264 g/mol. The van der Waals surface area contributed by atoms with Crippen molar-refractivity contribution in [1.29, 1.82) is 5.26 Å². The minimum atomic E-state index is 0.469. The lowest BCUT2D eigenvalue weighted by atomic mass is 9.98. The largest absolute Gasteiger partial charge is 0.355 e. The van der Waals surface area contributed by atoms with E-state index in [0.717, 1.165) is 16.8 Å². The Bertz CT molecular complexity index is 664. The van der Waals surface area contributed by atoms with Gasteiger partial charge in [0.2, 0.25) is 0 Å². The van der Waals surface area contributed by atoms with Crippen molar-refractivity contribution in [1.82, 2.24) is 0 Å². The molecule has 0 unspecified atom stereocenters. The molecule has 0 saturated heterocycles. The molecule has 0 radical (unpaired) electrons. The second-order valence-electron chi connectivity index (χ2n) is 5.46. The first-order valence-electron chi connectivity index (χ1n) is 6.90. The van der Waals surface area contributed by atoms with Gasteiger partial charge in [-0.3, -0.25) is 0 Å². The second-order valence-corrected chi connectivity index (χ2v) is 5.46. The van der Waals surface area contributed by atoms with Gasteiger partial charge in [0.15, 0.2) is 0 Å². The van der Waals surface area contributed by atoms with Crippen molar-refractivity contribution in [3.05, 3.63) is 58.7 Å². The monoisotopic (exact) mass is 264 g/mol. The van der Waals surface area contributed by atoms with Gasteiger partial charge in [0.1, 0.15) is 0 Å². The maximum Gasteiger partial charge on any atom is 0.0994 e. The van der Waals surface area contributed by atoms with E-state index in [2.05, 4.69) is 50.4 Å². The van der Waals surface area contributed by atoms with E-state index in [1.54, 1.807) is 0 Å². The minimum absolute atomic E-state index is 0.469.